The third-order valence-corrected chi connectivity index (χ3v) is 7.75. The zero-order valence-corrected chi connectivity index (χ0v) is 22.5. The van der Waals surface area contributed by atoms with Crippen LogP contribution in [0.4, 0.5) is 11.4 Å². The molecule has 1 aromatic heterocycles. The number of amides is 2. The minimum atomic E-state index is -1.78. The van der Waals surface area contributed by atoms with Crippen LogP contribution >= 0.6 is 34.8 Å². The van der Waals surface area contributed by atoms with Gasteiger partial charge < -0.3 is 20.5 Å². The zero-order valence-electron chi connectivity index (χ0n) is 19.4. The highest BCUT2D eigenvalue weighted by Crippen LogP contribution is 2.35. The summed E-state index contributed by atoms with van der Waals surface area (Å²) in [6, 6.07) is 8.88. The van der Waals surface area contributed by atoms with Gasteiger partial charge in [0.15, 0.2) is 0 Å². The number of nitrogens with one attached hydrogen (secondary N) is 2. The number of phenols is 1. The molecule has 36 heavy (non-hydrogen) atoms. The van der Waals surface area contributed by atoms with Crippen molar-refractivity contribution in [2.24, 2.45) is 0 Å². The number of halogens is 3. The van der Waals surface area contributed by atoms with Crippen LogP contribution in [0.15, 0.2) is 47.5 Å². The fourth-order valence-electron chi connectivity index (χ4n) is 3.24. The lowest BCUT2D eigenvalue weighted by Crippen LogP contribution is -2.31. The predicted octanol–water partition coefficient (Wildman–Crippen LogP) is 5.84. The van der Waals surface area contributed by atoms with E-state index in [2.05, 4.69) is 15.6 Å². The molecule has 3 rings (SSSR count). The van der Waals surface area contributed by atoms with Gasteiger partial charge in [0.2, 0.25) is 11.8 Å². The molecule has 2 aromatic carbocycles. The van der Waals surface area contributed by atoms with E-state index in [0.717, 1.165) is 5.56 Å². The van der Waals surface area contributed by atoms with Crippen LogP contribution in [0.2, 0.25) is 15.1 Å². The first-order valence-electron chi connectivity index (χ1n) is 10.6. The quantitative estimate of drug-likeness (QED) is 0.293. The van der Waals surface area contributed by atoms with Crippen LogP contribution in [0.5, 0.6) is 11.6 Å². The van der Waals surface area contributed by atoms with E-state index in [9.17, 15) is 18.9 Å². The fourth-order valence-corrected chi connectivity index (χ4v) is 5.24. The topological polar surface area (TPSA) is 118 Å². The summed E-state index contributed by atoms with van der Waals surface area (Å²) in [4.78, 5) is 29.8. The smallest absolute Gasteiger partial charge is 0.257 e. The summed E-state index contributed by atoms with van der Waals surface area (Å²) in [5.41, 5.74) is 1.16. The Morgan fingerprint density at radius 1 is 1.06 bits per heavy atom. The summed E-state index contributed by atoms with van der Waals surface area (Å²) in [5.74, 6) is -1.30. The lowest BCUT2D eigenvalue weighted by Gasteiger charge is -2.17. The normalized spacial score (nSPS) is 12.5. The van der Waals surface area contributed by atoms with Crippen molar-refractivity contribution in [3.8, 4) is 11.6 Å². The van der Waals surface area contributed by atoms with Gasteiger partial charge in [0.05, 0.1) is 49.8 Å². The Hall–Kier alpha value is -2.85. The van der Waals surface area contributed by atoms with Gasteiger partial charge in [0.25, 0.3) is 5.91 Å². The second kappa shape index (κ2) is 11.9. The van der Waals surface area contributed by atoms with Crippen LogP contribution in [-0.4, -0.2) is 38.5 Å². The largest absolute Gasteiger partial charge is 0.506 e. The lowest BCUT2D eigenvalue weighted by atomic mass is 10.1. The number of rotatable bonds is 8. The van der Waals surface area contributed by atoms with Crippen molar-refractivity contribution in [1.82, 2.24) is 4.98 Å². The van der Waals surface area contributed by atoms with Gasteiger partial charge in [-0.3, -0.25) is 13.8 Å². The first kappa shape index (κ1) is 27.7. The first-order chi connectivity index (χ1) is 17.0. The van der Waals surface area contributed by atoms with Crippen molar-refractivity contribution in [3.05, 3.63) is 68.8 Å². The van der Waals surface area contributed by atoms with E-state index in [1.807, 2.05) is 6.92 Å². The minimum Gasteiger partial charge on any atom is -0.506 e. The van der Waals surface area contributed by atoms with Crippen LogP contribution in [0.25, 0.3) is 0 Å². The maximum Gasteiger partial charge on any atom is 0.257 e. The molecule has 8 nitrogen and oxygen atoms in total. The van der Waals surface area contributed by atoms with Gasteiger partial charge in [0, 0.05) is 12.3 Å². The van der Waals surface area contributed by atoms with Crippen molar-refractivity contribution < 1.29 is 23.6 Å². The van der Waals surface area contributed by atoms with Crippen molar-refractivity contribution >= 4 is 68.8 Å². The van der Waals surface area contributed by atoms with E-state index >= 15 is 0 Å². The second-order valence-electron chi connectivity index (χ2n) is 7.63. The number of aromatic hydroxyl groups is 1. The Morgan fingerprint density at radius 2 is 1.78 bits per heavy atom. The number of pyridine rings is 1. The number of hydrogen-bond donors (Lipinski definition) is 3. The van der Waals surface area contributed by atoms with Crippen molar-refractivity contribution in [3.63, 3.8) is 0 Å². The number of aromatic nitrogens is 1. The average Bonchev–Trinajstić information content (AvgIpc) is 2.83. The number of phenolic OH excluding ortho intramolecular Hbond substituents is 1. The molecule has 3 aromatic rings. The van der Waals surface area contributed by atoms with E-state index < -0.39 is 27.9 Å². The molecule has 2 atom stereocenters. The molecule has 12 heteroatoms. The molecule has 2 unspecified atom stereocenters. The second-order valence-corrected chi connectivity index (χ2v) is 10.5. The fraction of sp³-hybridized carbons (Fsp3) is 0.208. The van der Waals surface area contributed by atoms with E-state index in [0.29, 0.717) is 0 Å². The maximum absolute atomic E-state index is 13.0. The Bertz CT molecular complexity index is 1350. The monoisotopic (exact) mass is 569 g/mol. The van der Waals surface area contributed by atoms with Gasteiger partial charge in [-0.15, -0.1) is 0 Å². The van der Waals surface area contributed by atoms with Gasteiger partial charge in [0.1, 0.15) is 16.0 Å². The third kappa shape index (κ3) is 6.28. The molecule has 0 aliphatic heterocycles. The van der Waals surface area contributed by atoms with Gasteiger partial charge >= 0.3 is 0 Å². The molecule has 3 N–H and O–H groups in total. The van der Waals surface area contributed by atoms with Gasteiger partial charge in [-0.25, -0.2) is 4.98 Å². The summed E-state index contributed by atoms with van der Waals surface area (Å²) in [6.45, 7) is 3.52. The number of benzene rings is 2. The molecule has 2 amide bonds. The molecule has 0 bridgehead atoms. The van der Waals surface area contributed by atoms with Gasteiger partial charge in [-0.2, -0.15) is 0 Å². The average molecular weight is 571 g/mol. The van der Waals surface area contributed by atoms with Gasteiger partial charge in [-0.1, -0.05) is 53.4 Å². The van der Waals surface area contributed by atoms with E-state index in [1.165, 1.54) is 31.5 Å². The number of aryl methyl sites for hydroxylation is 1. The number of carbonyl (C=O) groups is 2. The summed E-state index contributed by atoms with van der Waals surface area (Å²) in [5, 5.41) is 15.1. The molecular weight excluding hydrogens is 549 g/mol. The minimum absolute atomic E-state index is 0.0233. The highest BCUT2D eigenvalue weighted by Gasteiger charge is 2.27. The van der Waals surface area contributed by atoms with Crippen LogP contribution in [0.1, 0.15) is 29.3 Å². The molecule has 0 spiro atoms. The standard InChI is InChI=1S/C24H22Cl3N3O5S/c1-4-21(36(34)13-8-17(27)24(35-3)28-11-13)23(33)29-18-10-20(31)19(9-16(18)26)30-22(32)14-7-12(2)5-6-15(14)25/h5-11,21,31H,4H2,1-3H3,(H,29,33)(H,30,32). The molecule has 0 saturated carbocycles. The Kier molecular flexibility index (Phi) is 9.19. The van der Waals surface area contributed by atoms with Crippen LogP contribution < -0.4 is 15.4 Å². The third-order valence-electron chi connectivity index (χ3n) is 5.09. The molecule has 0 fully saturated rings. The summed E-state index contributed by atoms with van der Waals surface area (Å²) >= 11 is 18.5. The molecule has 190 valence electrons. The SMILES string of the molecule is CCC(C(=O)Nc1cc(O)c(NC(=O)c2cc(C)ccc2Cl)cc1Cl)S(=O)c1cnc(OC)c(Cl)c1. The summed E-state index contributed by atoms with van der Waals surface area (Å²) < 4.78 is 18.0. The molecule has 0 aliphatic rings. The predicted molar refractivity (Wildman–Crippen MR) is 142 cm³/mol. The van der Waals surface area contributed by atoms with E-state index in [-0.39, 0.29) is 55.0 Å². The number of nitrogens with zero attached hydrogens (tertiary/aromatic N) is 1. The first-order valence-corrected chi connectivity index (χ1v) is 12.9. The number of methoxy groups -OCH3 is 1. The Morgan fingerprint density at radius 3 is 2.42 bits per heavy atom. The van der Waals surface area contributed by atoms with Crippen molar-refractivity contribution in [1.29, 1.82) is 0 Å². The molecule has 1 heterocycles. The maximum atomic E-state index is 13.0. The summed E-state index contributed by atoms with van der Waals surface area (Å²) in [7, 11) is -0.381. The lowest BCUT2D eigenvalue weighted by molar-refractivity contribution is -0.115. The molecule has 0 radical (unpaired) electrons. The summed E-state index contributed by atoms with van der Waals surface area (Å²) in [6.07, 6.45) is 1.56. The number of carbonyl (C=O) groups excluding carboxylic acids is 2. The molecule has 0 aliphatic carbocycles. The van der Waals surface area contributed by atoms with Crippen molar-refractivity contribution in [2.45, 2.75) is 30.4 Å². The number of anilines is 2. The van der Waals surface area contributed by atoms with Crippen LogP contribution in [0, 0.1) is 6.92 Å². The zero-order chi connectivity index (χ0) is 26.6. The Balaban J connectivity index is 1.78. The highest BCUT2D eigenvalue weighted by molar-refractivity contribution is 7.86. The highest BCUT2D eigenvalue weighted by atomic mass is 35.5. The number of ether oxygens (including phenoxy) is 1. The van der Waals surface area contributed by atoms with Gasteiger partial charge in [-0.05, 0) is 37.6 Å². The van der Waals surface area contributed by atoms with E-state index in [4.69, 9.17) is 39.5 Å². The van der Waals surface area contributed by atoms with Crippen molar-refractivity contribution in [2.75, 3.05) is 17.7 Å². The number of hydrogen-bond acceptors (Lipinski definition) is 6. The molecule has 0 saturated heterocycles. The Labute approximate surface area is 225 Å². The van der Waals surface area contributed by atoms with Crippen LogP contribution in [0.3, 0.4) is 0 Å². The van der Waals surface area contributed by atoms with E-state index in [1.54, 1.807) is 25.1 Å². The molecular formula is C24H22Cl3N3O5S. The van der Waals surface area contributed by atoms with Crippen LogP contribution in [-0.2, 0) is 15.6 Å².